The topological polar surface area (TPSA) is 195 Å². The average molecular weight is 2010 g/mol. The van der Waals surface area contributed by atoms with Crippen LogP contribution in [0.15, 0.2) is 72.8 Å². The molecule has 12 rings (SSSR count). The van der Waals surface area contributed by atoms with E-state index in [1.165, 1.54) is 112 Å². The van der Waals surface area contributed by atoms with Gasteiger partial charge < -0.3 is 68.5 Å². The number of rotatable bonds is 19. The molecule has 0 aliphatic carbocycles. The van der Waals surface area contributed by atoms with Gasteiger partial charge in [-0.2, -0.15) is 0 Å². The Hall–Kier alpha value is -6.20. The maximum atomic E-state index is 10.9. The van der Waals surface area contributed by atoms with Gasteiger partial charge in [-0.05, 0) is 334 Å². The van der Waals surface area contributed by atoms with Gasteiger partial charge in [0.2, 0.25) is 0 Å². The summed E-state index contributed by atoms with van der Waals surface area (Å²) in [5.74, 6) is 6.46. The van der Waals surface area contributed by atoms with Crippen LogP contribution in [-0.2, 0) is 103 Å². The molecule has 6 fully saturated rings. The summed E-state index contributed by atoms with van der Waals surface area (Å²) in [4.78, 5) is 0. The van der Waals surface area contributed by atoms with Crippen LogP contribution < -0.4 is 0 Å². The smallest absolute Gasteiger partial charge is 0.183 e. The number of phenolic OH excluding ortho intramolecular Hbond substituents is 6. The summed E-state index contributed by atoms with van der Waals surface area (Å²) < 4.78 is 48.8. The number of benzene rings is 6. The fourth-order valence-corrected chi connectivity index (χ4v) is 21.0. The minimum atomic E-state index is -0.333. The lowest BCUT2D eigenvalue weighted by atomic mass is 9.77. The third kappa shape index (κ3) is 36.2. The van der Waals surface area contributed by atoms with Crippen LogP contribution in [0.2, 0.25) is 0 Å². The molecule has 0 amide bonds. The minimum Gasteiger partial charge on any atom is -0.507 e. The predicted molar refractivity (Wildman–Crippen MR) is 609 cm³/mol. The molecule has 0 radical (unpaired) electrons. The zero-order valence-corrected chi connectivity index (χ0v) is 100. The van der Waals surface area contributed by atoms with E-state index in [1.807, 2.05) is 12.1 Å². The summed E-state index contributed by atoms with van der Waals surface area (Å²) in [5, 5.41) is 65.1. The number of aromatic hydroxyl groups is 6. The third-order valence-corrected chi connectivity index (χ3v) is 30.7. The molecule has 6 aliphatic rings. The Bertz CT molecular complexity index is 4530. The lowest BCUT2D eigenvalue weighted by Gasteiger charge is -2.33. The maximum absolute atomic E-state index is 10.9. The van der Waals surface area contributed by atoms with Gasteiger partial charge in [-0.15, -0.1) is 0 Å². The number of hydrogen-bond donors (Lipinski definition) is 6. The standard InChI is InChI=1S/C24H40O2.C23H38O2.C22H36O2.C21H34O3.C21H34O2.C20H32O3/c1-8-9-10-11-17-12-13-21(26-16-17)18-14-19(23(2,3)4)22(25)20(15-18)24(5,6)7;1-8-9-10-16-11-12-20(25-15-16)17-13-18(22(2,3)4)21(24)19(14-17)23(5,6)7;1-8-9-15-10-11-19(24-14-15)16-12-17(21(2,3)4)20(23)18(13-16)22(5,6)7;1-8-9-14-12-23-19(24-13-14)15-10-16(20(2,3)4)18(22)17(11-15)21(5,6)7;1-8-14-9-10-18(23-13-14)15-11-16(20(2,3)4)19(22)17(12-15)21(5,6)7;1-8-13-11-22-18(23-12-13)14-9-15(19(2,3)4)17(21)16(10-14)20(5,6)7/h14-15,17,21,25H,8-13,16H2,1-7H3;13-14,16,20,24H,8-12,15H2,1-7H3;12-13,15,19,23H,8-11,14H2,1-7H3;10-11,14,19,22H,8-9,12-13H2,1-7H3;11-12,14,18,22H,8-10,13H2,1-7H3;9-10,13,18,21H,8,11-12H2,1-7H3. The summed E-state index contributed by atoms with van der Waals surface area (Å²) in [6.07, 6.45) is 25.5. The van der Waals surface area contributed by atoms with Crippen molar-refractivity contribution in [2.45, 2.75) is 528 Å². The normalized spacial score (nSPS) is 22.6. The Kier molecular flexibility index (Phi) is 45.0. The van der Waals surface area contributed by atoms with E-state index in [0.29, 0.717) is 58.2 Å². The monoisotopic (exact) mass is 2010 g/mol. The highest BCUT2D eigenvalue weighted by Gasteiger charge is 2.40. The van der Waals surface area contributed by atoms with Gasteiger partial charge in [-0.1, -0.05) is 342 Å². The molecule has 6 heterocycles. The molecule has 6 aromatic carbocycles. The van der Waals surface area contributed by atoms with Crippen molar-refractivity contribution in [3.63, 3.8) is 0 Å². The molecule has 6 saturated heterocycles. The molecular formula is C131H214O14. The van der Waals surface area contributed by atoms with Crippen molar-refractivity contribution < 1.29 is 68.5 Å². The van der Waals surface area contributed by atoms with Gasteiger partial charge in [-0.25, -0.2) is 0 Å². The van der Waals surface area contributed by atoms with E-state index >= 15 is 0 Å². The number of phenols is 6. The summed E-state index contributed by atoms with van der Waals surface area (Å²) in [6.45, 7) is 97.2. The Morgan fingerprint density at radius 2 is 0.359 bits per heavy atom. The van der Waals surface area contributed by atoms with Crippen LogP contribution in [0.25, 0.3) is 0 Å². The summed E-state index contributed by atoms with van der Waals surface area (Å²) in [7, 11) is 0. The molecule has 0 aromatic heterocycles. The number of ether oxygens (including phenoxy) is 8. The molecule has 6 N–H and O–H groups in total. The van der Waals surface area contributed by atoms with Gasteiger partial charge in [-0.3, -0.25) is 0 Å². The van der Waals surface area contributed by atoms with Crippen LogP contribution in [-0.4, -0.2) is 83.5 Å². The average Bonchev–Trinajstić information content (AvgIpc) is 0.795. The van der Waals surface area contributed by atoms with E-state index in [4.69, 9.17) is 37.9 Å². The van der Waals surface area contributed by atoms with Gasteiger partial charge in [0, 0.05) is 23.0 Å². The molecule has 6 aromatic rings. The van der Waals surface area contributed by atoms with Gasteiger partial charge in [0.05, 0.1) is 77.3 Å². The first-order chi connectivity index (χ1) is 66.7. The highest BCUT2D eigenvalue weighted by atomic mass is 16.7. The van der Waals surface area contributed by atoms with Crippen molar-refractivity contribution in [2.75, 3.05) is 52.9 Å². The first kappa shape index (κ1) is 126. The van der Waals surface area contributed by atoms with Gasteiger partial charge in [0.1, 0.15) is 34.5 Å². The molecule has 8 unspecified atom stereocenters. The van der Waals surface area contributed by atoms with E-state index in [9.17, 15) is 30.6 Å². The highest BCUT2D eigenvalue weighted by molar-refractivity contribution is 5.56. The Morgan fingerprint density at radius 3 is 0.538 bits per heavy atom. The van der Waals surface area contributed by atoms with Gasteiger partial charge in [0.15, 0.2) is 12.6 Å². The largest absolute Gasteiger partial charge is 0.507 e. The molecule has 0 saturated carbocycles. The molecular weight excluding hydrogens is 1800 g/mol. The van der Waals surface area contributed by atoms with E-state index in [1.54, 1.807) is 0 Å². The lowest BCUT2D eigenvalue weighted by Crippen LogP contribution is -2.28. The SMILES string of the molecule is CCC1CCC(c2cc(C(C)(C)C)c(O)c(C(C)(C)C)c2)OC1.CCC1COC(c2cc(C(C)(C)C)c(O)c(C(C)(C)C)c2)OC1.CCCC1CCC(c2cc(C(C)(C)C)c(O)c(C(C)(C)C)c2)OC1.CCCC1COC(c2cc(C(C)(C)C)c(O)c(C(C)(C)C)c2)OC1.CCCCC1CCC(c2cc(C(C)(C)C)c(O)c(C(C)(C)C)c2)OC1.CCCCCC1CCC(c2cc(C(C)(C)C)c(O)c(C(C)(C)C)c2)OC1. The Morgan fingerprint density at radius 1 is 0.186 bits per heavy atom. The molecule has 14 nitrogen and oxygen atoms in total. The second kappa shape index (κ2) is 52.0. The fourth-order valence-electron chi connectivity index (χ4n) is 21.0. The van der Waals surface area contributed by atoms with Gasteiger partial charge >= 0.3 is 0 Å². The Balaban J connectivity index is 0.000000236. The van der Waals surface area contributed by atoms with Crippen LogP contribution in [0.1, 0.15) is 563 Å². The van der Waals surface area contributed by atoms with E-state index in [-0.39, 0.29) is 102 Å². The molecule has 6 aliphatic heterocycles. The zero-order chi connectivity index (χ0) is 109. The highest BCUT2D eigenvalue weighted by Crippen LogP contribution is 2.52. The molecule has 822 valence electrons. The van der Waals surface area contributed by atoms with Crippen molar-refractivity contribution in [3.05, 3.63) is 173 Å². The number of hydrogen-bond acceptors (Lipinski definition) is 14. The maximum Gasteiger partial charge on any atom is 0.183 e. The summed E-state index contributed by atoms with van der Waals surface area (Å²) in [6, 6.07) is 25.6. The molecule has 0 bridgehead atoms. The number of unbranched alkanes of at least 4 members (excludes halogenated alkanes) is 3. The fraction of sp³-hybridized carbons (Fsp3) is 0.725. The first-order valence-electron chi connectivity index (χ1n) is 56.9. The molecule has 0 spiro atoms. The predicted octanol–water partition coefficient (Wildman–Crippen LogP) is 36.3. The zero-order valence-electron chi connectivity index (χ0n) is 100. The third-order valence-electron chi connectivity index (χ3n) is 30.7. The van der Waals surface area contributed by atoms with E-state index in [2.05, 4.69) is 351 Å². The molecule has 14 heteroatoms. The molecule has 8 atom stereocenters. The van der Waals surface area contributed by atoms with Crippen LogP contribution in [0.3, 0.4) is 0 Å². The van der Waals surface area contributed by atoms with Crippen LogP contribution in [0.5, 0.6) is 34.5 Å². The van der Waals surface area contributed by atoms with Crippen molar-refractivity contribution >= 4 is 0 Å². The second-order valence-corrected chi connectivity index (χ2v) is 56.6. The van der Waals surface area contributed by atoms with Crippen molar-refractivity contribution in [1.82, 2.24) is 0 Å². The quantitative estimate of drug-likeness (QED) is 0.0419. The van der Waals surface area contributed by atoms with E-state index in [0.717, 1.165) is 188 Å². The van der Waals surface area contributed by atoms with Crippen molar-refractivity contribution in [2.24, 2.45) is 35.5 Å². The van der Waals surface area contributed by atoms with Crippen molar-refractivity contribution in [1.29, 1.82) is 0 Å². The summed E-state index contributed by atoms with van der Waals surface area (Å²) in [5.41, 5.74) is 17.8. The van der Waals surface area contributed by atoms with Crippen LogP contribution >= 0.6 is 0 Å². The summed E-state index contributed by atoms with van der Waals surface area (Å²) >= 11 is 0. The van der Waals surface area contributed by atoms with E-state index < -0.39 is 0 Å². The molecule has 145 heavy (non-hydrogen) atoms. The Labute approximate surface area is 886 Å². The van der Waals surface area contributed by atoms with Crippen LogP contribution in [0, 0.1) is 35.5 Å². The van der Waals surface area contributed by atoms with Crippen molar-refractivity contribution in [3.8, 4) is 34.5 Å². The van der Waals surface area contributed by atoms with Crippen LogP contribution in [0.4, 0.5) is 0 Å². The second-order valence-electron chi connectivity index (χ2n) is 56.6. The first-order valence-corrected chi connectivity index (χ1v) is 56.9. The van der Waals surface area contributed by atoms with Gasteiger partial charge in [0.25, 0.3) is 0 Å². The lowest BCUT2D eigenvalue weighted by molar-refractivity contribution is -0.206. The minimum absolute atomic E-state index is 0.0826.